The van der Waals surface area contributed by atoms with Crippen LogP contribution in [0.4, 0.5) is 0 Å². The second-order valence-corrected chi connectivity index (χ2v) is 7.58. The molecule has 0 bridgehead atoms. The van der Waals surface area contributed by atoms with Crippen molar-refractivity contribution in [1.29, 1.82) is 0 Å². The van der Waals surface area contributed by atoms with Gasteiger partial charge in [-0.2, -0.15) is 0 Å². The molecular weight excluding hydrogens is 318 g/mol. The van der Waals surface area contributed by atoms with Gasteiger partial charge in [0.1, 0.15) is 5.75 Å². The topological polar surface area (TPSA) is 70.7 Å². The van der Waals surface area contributed by atoms with E-state index in [-0.39, 0.29) is 23.8 Å². The molecule has 1 aromatic rings. The highest BCUT2D eigenvalue weighted by Gasteiger charge is 2.32. The average molecular weight is 347 g/mol. The summed E-state index contributed by atoms with van der Waals surface area (Å²) in [5.74, 6) is 0.659. The number of rotatable bonds is 5. The molecule has 1 aliphatic rings. The van der Waals surface area contributed by atoms with Crippen molar-refractivity contribution < 1.29 is 14.3 Å². The van der Waals surface area contributed by atoms with E-state index in [1.807, 2.05) is 39.8 Å². The highest BCUT2D eigenvalue weighted by atomic mass is 16.5. The van der Waals surface area contributed by atoms with Gasteiger partial charge in [0, 0.05) is 25.2 Å². The summed E-state index contributed by atoms with van der Waals surface area (Å²) in [6.45, 7) is 9.76. The summed E-state index contributed by atoms with van der Waals surface area (Å²) < 4.78 is 5.30. The van der Waals surface area contributed by atoms with Crippen molar-refractivity contribution in [1.82, 2.24) is 15.5 Å². The molecule has 0 radical (unpaired) electrons. The maximum atomic E-state index is 12.3. The maximum Gasteiger partial charge on any atom is 0.237 e. The largest absolute Gasteiger partial charge is 0.496 e. The van der Waals surface area contributed by atoms with Crippen molar-refractivity contribution in [2.75, 3.05) is 20.2 Å². The molecule has 1 heterocycles. The quantitative estimate of drug-likeness (QED) is 0.849. The first-order valence-electron chi connectivity index (χ1n) is 8.66. The Morgan fingerprint density at radius 2 is 2.12 bits per heavy atom. The van der Waals surface area contributed by atoms with Gasteiger partial charge in [-0.3, -0.25) is 14.5 Å². The van der Waals surface area contributed by atoms with E-state index in [1.54, 1.807) is 7.11 Å². The van der Waals surface area contributed by atoms with Crippen LogP contribution in [0.5, 0.6) is 5.75 Å². The number of methoxy groups -OCH3 is 1. The Hall–Kier alpha value is -2.08. The number of amides is 2. The van der Waals surface area contributed by atoms with Crippen LogP contribution in [0.1, 0.15) is 38.3 Å². The van der Waals surface area contributed by atoms with Crippen LogP contribution in [0, 0.1) is 6.92 Å². The fourth-order valence-corrected chi connectivity index (χ4v) is 3.09. The zero-order chi connectivity index (χ0) is 18.6. The summed E-state index contributed by atoms with van der Waals surface area (Å²) in [5, 5.41) is 5.80. The average Bonchev–Trinajstić information content (AvgIpc) is 2.49. The summed E-state index contributed by atoms with van der Waals surface area (Å²) in [6.07, 6.45) is 0.165. The van der Waals surface area contributed by atoms with Crippen LogP contribution in [-0.4, -0.2) is 48.5 Å². The molecule has 2 amide bonds. The minimum Gasteiger partial charge on any atom is -0.496 e. The number of hydrogen-bond acceptors (Lipinski definition) is 4. The van der Waals surface area contributed by atoms with Crippen molar-refractivity contribution in [2.24, 2.45) is 0 Å². The van der Waals surface area contributed by atoms with Gasteiger partial charge in [0.2, 0.25) is 11.8 Å². The zero-order valence-electron chi connectivity index (χ0n) is 15.8. The summed E-state index contributed by atoms with van der Waals surface area (Å²) in [5.41, 5.74) is 1.86. The van der Waals surface area contributed by atoms with E-state index in [2.05, 4.69) is 21.6 Å². The Bertz CT molecular complexity index is 637. The molecule has 2 rings (SSSR count). The van der Waals surface area contributed by atoms with Gasteiger partial charge in [0.05, 0.1) is 19.6 Å². The highest BCUT2D eigenvalue weighted by molar-refractivity contribution is 5.89. The molecule has 2 N–H and O–H groups in total. The SMILES string of the molecule is COc1ccc(CN2CCNC(=O)[C@@H]2CC(=O)NC(C)(C)C)cc1C. The molecule has 6 nitrogen and oxygen atoms in total. The van der Waals surface area contributed by atoms with Crippen molar-refractivity contribution in [3.05, 3.63) is 29.3 Å². The number of ether oxygens (including phenoxy) is 1. The Morgan fingerprint density at radius 3 is 2.72 bits per heavy atom. The van der Waals surface area contributed by atoms with Crippen LogP contribution in [0.25, 0.3) is 0 Å². The third kappa shape index (κ3) is 5.46. The number of hydrogen-bond donors (Lipinski definition) is 2. The summed E-state index contributed by atoms with van der Waals surface area (Å²) in [7, 11) is 1.65. The summed E-state index contributed by atoms with van der Waals surface area (Å²) in [4.78, 5) is 26.7. The van der Waals surface area contributed by atoms with Crippen molar-refractivity contribution in [2.45, 2.75) is 52.2 Å². The Kier molecular flexibility index (Phi) is 6.06. The fraction of sp³-hybridized carbons (Fsp3) is 0.579. The van der Waals surface area contributed by atoms with Gasteiger partial charge in [-0.15, -0.1) is 0 Å². The van der Waals surface area contributed by atoms with Crippen LogP contribution in [0.15, 0.2) is 18.2 Å². The lowest BCUT2D eigenvalue weighted by Gasteiger charge is -2.35. The van der Waals surface area contributed by atoms with Crippen molar-refractivity contribution >= 4 is 11.8 Å². The molecule has 138 valence electrons. The molecule has 0 aliphatic carbocycles. The Labute approximate surface area is 149 Å². The normalized spacial score (nSPS) is 18.6. The van der Waals surface area contributed by atoms with E-state index >= 15 is 0 Å². The summed E-state index contributed by atoms with van der Waals surface area (Å²) >= 11 is 0. The number of carbonyl (C=O) groups excluding carboxylic acids is 2. The van der Waals surface area contributed by atoms with E-state index in [4.69, 9.17) is 4.74 Å². The molecule has 0 aromatic heterocycles. The van der Waals surface area contributed by atoms with Crippen LogP contribution in [-0.2, 0) is 16.1 Å². The molecule has 6 heteroatoms. The first-order chi connectivity index (χ1) is 11.7. The van der Waals surface area contributed by atoms with Crippen LogP contribution in [0.3, 0.4) is 0 Å². The lowest BCUT2D eigenvalue weighted by molar-refractivity contribution is -0.134. The first-order valence-corrected chi connectivity index (χ1v) is 8.66. The van der Waals surface area contributed by atoms with Gasteiger partial charge in [0.25, 0.3) is 0 Å². The number of aryl methyl sites for hydroxylation is 1. The zero-order valence-corrected chi connectivity index (χ0v) is 15.8. The van der Waals surface area contributed by atoms with Crippen molar-refractivity contribution in [3.63, 3.8) is 0 Å². The number of nitrogens with one attached hydrogen (secondary N) is 2. The molecular formula is C19H29N3O3. The smallest absolute Gasteiger partial charge is 0.237 e. The monoisotopic (exact) mass is 347 g/mol. The molecule has 0 spiro atoms. The number of carbonyl (C=O) groups is 2. The van der Waals surface area contributed by atoms with Crippen molar-refractivity contribution in [3.8, 4) is 5.75 Å². The molecule has 1 aliphatic heterocycles. The van der Waals surface area contributed by atoms with Gasteiger partial charge < -0.3 is 15.4 Å². The fourth-order valence-electron chi connectivity index (χ4n) is 3.09. The molecule has 1 saturated heterocycles. The number of piperazine rings is 1. The molecule has 1 atom stereocenters. The van der Waals surface area contributed by atoms with E-state index < -0.39 is 6.04 Å². The molecule has 0 saturated carbocycles. The Morgan fingerprint density at radius 1 is 1.40 bits per heavy atom. The summed E-state index contributed by atoms with van der Waals surface area (Å²) in [6, 6.07) is 5.57. The Balaban J connectivity index is 2.09. The number of nitrogens with zero attached hydrogens (tertiary/aromatic N) is 1. The predicted molar refractivity (Wildman–Crippen MR) is 97.5 cm³/mol. The third-order valence-corrected chi connectivity index (χ3v) is 4.18. The van der Waals surface area contributed by atoms with E-state index in [1.165, 1.54) is 0 Å². The lowest BCUT2D eigenvalue weighted by Crippen LogP contribution is -2.56. The second kappa shape index (κ2) is 7.87. The molecule has 25 heavy (non-hydrogen) atoms. The highest BCUT2D eigenvalue weighted by Crippen LogP contribution is 2.21. The molecule has 0 unspecified atom stereocenters. The maximum absolute atomic E-state index is 12.3. The first kappa shape index (κ1) is 19.2. The number of benzene rings is 1. The lowest BCUT2D eigenvalue weighted by atomic mass is 10.0. The van der Waals surface area contributed by atoms with Gasteiger partial charge >= 0.3 is 0 Å². The van der Waals surface area contributed by atoms with Gasteiger partial charge in [-0.25, -0.2) is 0 Å². The van der Waals surface area contributed by atoms with E-state index in [0.29, 0.717) is 13.1 Å². The van der Waals surface area contributed by atoms with Gasteiger partial charge in [-0.1, -0.05) is 12.1 Å². The van der Waals surface area contributed by atoms with Gasteiger partial charge in [0.15, 0.2) is 0 Å². The van der Waals surface area contributed by atoms with E-state index in [9.17, 15) is 9.59 Å². The van der Waals surface area contributed by atoms with E-state index in [0.717, 1.165) is 23.4 Å². The standard InChI is InChI=1S/C19H29N3O3/c1-13-10-14(6-7-16(13)25-5)12-22-9-8-20-18(24)15(22)11-17(23)21-19(2,3)4/h6-7,10,15H,8-9,11-12H2,1-5H3,(H,20,24)(H,21,23)/t15-/m0/s1. The third-order valence-electron chi connectivity index (χ3n) is 4.18. The predicted octanol–water partition coefficient (Wildman–Crippen LogP) is 1.61. The van der Waals surface area contributed by atoms with Gasteiger partial charge in [-0.05, 0) is 44.9 Å². The van der Waals surface area contributed by atoms with Crippen LogP contribution >= 0.6 is 0 Å². The molecule has 1 fully saturated rings. The minimum absolute atomic E-state index is 0.0828. The second-order valence-electron chi connectivity index (χ2n) is 7.58. The minimum atomic E-state index is -0.446. The molecule has 1 aromatic carbocycles. The van der Waals surface area contributed by atoms with Crippen LogP contribution in [0.2, 0.25) is 0 Å². The van der Waals surface area contributed by atoms with Crippen LogP contribution < -0.4 is 15.4 Å².